The lowest BCUT2D eigenvalue weighted by Crippen LogP contribution is -2.24. The first-order valence-electron chi connectivity index (χ1n) is 5.41. The normalized spacial score (nSPS) is 10.3. The molecule has 0 radical (unpaired) electrons. The number of nitrogen functional groups attached to an aromatic ring is 1. The number of nitrogens with two attached hydrogens (primary N) is 1. The van der Waals surface area contributed by atoms with Crippen molar-refractivity contribution in [3.8, 4) is 0 Å². The van der Waals surface area contributed by atoms with Gasteiger partial charge in [0.15, 0.2) is 0 Å². The van der Waals surface area contributed by atoms with Gasteiger partial charge in [-0.1, -0.05) is 0 Å². The molecule has 1 rings (SSSR count). The predicted octanol–water partition coefficient (Wildman–Crippen LogP) is 1.79. The van der Waals surface area contributed by atoms with Crippen molar-refractivity contribution in [1.29, 1.82) is 0 Å². The van der Waals surface area contributed by atoms with Crippen LogP contribution in [-0.2, 0) is 0 Å². The first-order valence-corrected chi connectivity index (χ1v) is 5.41. The molecule has 0 fully saturated rings. The summed E-state index contributed by atoms with van der Waals surface area (Å²) in [5, 5.41) is 8.81. The van der Waals surface area contributed by atoms with Crippen LogP contribution in [0, 0.1) is 6.92 Å². The summed E-state index contributed by atoms with van der Waals surface area (Å²) in [7, 11) is 0. The van der Waals surface area contributed by atoms with Crippen molar-refractivity contribution >= 4 is 11.4 Å². The van der Waals surface area contributed by atoms with Crippen LogP contribution in [0.4, 0.5) is 11.4 Å². The number of anilines is 2. The molecule has 0 atom stereocenters. The van der Waals surface area contributed by atoms with Gasteiger partial charge in [-0.3, -0.25) is 0 Å². The van der Waals surface area contributed by atoms with E-state index in [4.69, 9.17) is 10.8 Å². The summed E-state index contributed by atoms with van der Waals surface area (Å²) in [4.78, 5) is 2.24. The van der Waals surface area contributed by atoms with Crippen LogP contribution < -0.4 is 10.6 Å². The van der Waals surface area contributed by atoms with Gasteiger partial charge < -0.3 is 15.7 Å². The summed E-state index contributed by atoms with van der Waals surface area (Å²) in [6.07, 6.45) is 0.803. The molecular weight excluding hydrogens is 188 g/mol. The van der Waals surface area contributed by atoms with E-state index in [-0.39, 0.29) is 6.61 Å². The third kappa shape index (κ3) is 3.13. The molecule has 0 unspecified atom stereocenters. The van der Waals surface area contributed by atoms with Crippen molar-refractivity contribution in [2.75, 3.05) is 30.3 Å². The fourth-order valence-corrected chi connectivity index (χ4v) is 1.59. The van der Waals surface area contributed by atoms with Crippen molar-refractivity contribution in [2.45, 2.75) is 20.3 Å². The van der Waals surface area contributed by atoms with Gasteiger partial charge in [-0.2, -0.15) is 0 Å². The van der Waals surface area contributed by atoms with Gasteiger partial charge in [-0.15, -0.1) is 0 Å². The smallest absolute Gasteiger partial charge is 0.0447 e. The third-order valence-electron chi connectivity index (χ3n) is 2.59. The second-order valence-electron chi connectivity index (χ2n) is 3.70. The van der Waals surface area contributed by atoms with Gasteiger partial charge in [0.25, 0.3) is 0 Å². The molecule has 0 spiro atoms. The lowest BCUT2D eigenvalue weighted by molar-refractivity contribution is 0.289. The van der Waals surface area contributed by atoms with Gasteiger partial charge in [0.1, 0.15) is 0 Å². The first-order chi connectivity index (χ1) is 7.19. The van der Waals surface area contributed by atoms with Crippen LogP contribution in [0.1, 0.15) is 18.9 Å². The van der Waals surface area contributed by atoms with E-state index in [0.717, 1.165) is 30.8 Å². The monoisotopic (exact) mass is 208 g/mol. The number of aliphatic hydroxyl groups excluding tert-OH is 1. The molecule has 1 aromatic carbocycles. The Morgan fingerprint density at radius 2 is 2.13 bits per heavy atom. The molecule has 0 bridgehead atoms. The van der Waals surface area contributed by atoms with Crippen molar-refractivity contribution in [2.24, 2.45) is 0 Å². The molecule has 0 saturated carbocycles. The fraction of sp³-hybridized carbons (Fsp3) is 0.500. The summed E-state index contributed by atoms with van der Waals surface area (Å²) in [5.74, 6) is 0. The number of aryl methyl sites for hydroxylation is 1. The maximum atomic E-state index is 8.81. The molecular formula is C12H20N2O. The van der Waals surface area contributed by atoms with Crippen LogP contribution in [0.3, 0.4) is 0 Å². The average molecular weight is 208 g/mol. The van der Waals surface area contributed by atoms with Gasteiger partial charge >= 0.3 is 0 Å². The second kappa shape index (κ2) is 5.61. The molecule has 84 valence electrons. The summed E-state index contributed by atoms with van der Waals surface area (Å²) in [6.45, 7) is 6.20. The zero-order chi connectivity index (χ0) is 11.3. The lowest BCUT2D eigenvalue weighted by Gasteiger charge is -2.23. The molecule has 0 aromatic heterocycles. The van der Waals surface area contributed by atoms with Crippen LogP contribution in [0.15, 0.2) is 18.2 Å². The lowest BCUT2D eigenvalue weighted by atomic mass is 10.1. The Morgan fingerprint density at radius 3 is 2.67 bits per heavy atom. The van der Waals surface area contributed by atoms with Gasteiger partial charge in [0.05, 0.1) is 0 Å². The Balaban J connectivity index is 2.78. The van der Waals surface area contributed by atoms with Crippen molar-refractivity contribution in [3.63, 3.8) is 0 Å². The zero-order valence-electron chi connectivity index (χ0n) is 9.53. The molecule has 1 aromatic rings. The average Bonchev–Trinajstić information content (AvgIpc) is 2.24. The van der Waals surface area contributed by atoms with Crippen LogP contribution in [-0.4, -0.2) is 24.8 Å². The number of hydrogen-bond donors (Lipinski definition) is 2. The highest BCUT2D eigenvalue weighted by molar-refractivity contribution is 5.57. The molecule has 0 saturated heterocycles. The van der Waals surface area contributed by atoms with Crippen molar-refractivity contribution < 1.29 is 5.11 Å². The van der Waals surface area contributed by atoms with Crippen molar-refractivity contribution in [3.05, 3.63) is 23.8 Å². The third-order valence-corrected chi connectivity index (χ3v) is 2.59. The maximum Gasteiger partial charge on any atom is 0.0447 e. The van der Waals surface area contributed by atoms with E-state index in [0.29, 0.717) is 0 Å². The number of benzene rings is 1. The molecule has 15 heavy (non-hydrogen) atoms. The molecule has 0 aliphatic carbocycles. The van der Waals surface area contributed by atoms with Gasteiger partial charge in [0.2, 0.25) is 0 Å². The molecule has 0 heterocycles. The highest BCUT2D eigenvalue weighted by Gasteiger charge is 2.04. The number of nitrogens with zero attached hydrogens (tertiary/aromatic N) is 1. The van der Waals surface area contributed by atoms with Crippen LogP contribution >= 0.6 is 0 Å². The molecule has 3 nitrogen and oxygen atoms in total. The van der Waals surface area contributed by atoms with E-state index in [2.05, 4.69) is 17.9 Å². The second-order valence-corrected chi connectivity index (χ2v) is 3.70. The quantitative estimate of drug-likeness (QED) is 0.725. The number of rotatable bonds is 5. The first kappa shape index (κ1) is 11.9. The van der Waals surface area contributed by atoms with E-state index in [9.17, 15) is 0 Å². The minimum atomic E-state index is 0.241. The zero-order valence-corrected chi connectivity index (χ0v) is 9.53. The van der Waals surface area contributed by atoms with Crippen LogP contribution in [0.25, 0.3) is 0 Å². The van der Waals surface area contributed by atoms with Crippen molar-refractivity contribution in [1.82, 2.24) is 0 Å². The summed E-state index contributed by atoms with van der Waals surface area (Å²) < 4.78 is 0. The summed E-state index contributed by atoms with van der Waals surface area (Å²) >= 11 is 0. The Morgan fingerprint density at radius 1 is 1.40 bits per heavy atom. The molecule has 0 aliphatic rings. The van der Waals surface area contributed by atoms with Crippen LogP contribution in [0.5, 0.6) is 0 Å². The van der Waals surface area contributed by atoms with E-state index in [1.807, 2.05) is 19.1 Å². The minimum Gasteiger partial charge on any atom is -0.399 e. The number of aliphatic hydroxyl groups is 1. The standard InChI is InChI=1S/C12H20N2O/c1-3-14(7-4-8-15)11-5-6-12(13)10(2)9-11/h5-6,9,15H,3-4,7-8,13H2,1-2H3. The Hall–Kier alpha value is -1.22. The Kier molecular flexibility index (Phi) is 4.43. The maximum absolute atomic E-state index is 8.81. The summed E-state index contributed by atoms with van der Waals surface area (Å²) in [5.41, 5.74) is 8.89. The topological polar surface area (TPSA) is 49.5 Å². The van der Waals surface area contributed by atoms with E-state index in [1.54, 1.807) is 0 Å². The Bertz CT molecular complexity index is 312. The molecule has 0 amide bonds. The van der Waals surface area contributed by atoms with Gasteiger partial charge in [-0.05, 0) is 44.0 Å². The van der Waals surface area contributed by atoms with Gasteiger partial charge in [-0.25, -0.2) is 0 Å². The SMILES string of the molecule is CCN(CCCO)c1ccc(N)c(C)c1. The highest BCUT2D eigenvalue weighted by atomic mass is 16.3. The fourth-order valence-electron chi connectivity index (χ4n) is 1.59. The molecule has 3 heteroatoms. The molecule has 0 aliphatic heterocycles. The minimum absolute atomic E-state index is 0.241. The van der Waals surface area contributed by atoms with E-state index < -0.39 is 0 Å². The van der Waals surface area contributed by atoms with Crippen LogP contribution in [0.2, 0.25) is 0 Å². The van der Waals surface area contributed by atoms with E-state index >= 15 is 0 Å². The highest BCUT2D eigenvalue weighted by Crippen LogP contribution is 2.20. The molecule has 3 N–H and O–H groups in total. The summed E-state index contributed by atoms with van der Waals surface area (Å²) in [6, 6.07) is 6.06. The number of hydrogen-bond acceptors (Lipinski definition) is 3. The predicted molar refractivity (Wildman–Crippen MR) is 65.2 cm³/mol. The van der Waals surface area contributed by atoms with E-state index in [1.165, 1.54) is 5.69 Å². The Labute approximate surface area is 91.5 Å². The largest absolute Gasteiger partial charge is 0.399 e. The van der Waals surface area contributed by atoms with Gasteiger partial charge in [0, 0.05) is 31.1 Å².